The first-order valence-corrected chi connectivity index (χ1v) is 8.48. The van der Waals surface area contributed by atoms with Gasteiger partial charge in [0.15, 0.2) is 5.84 Å². The van der Waals surface area contributed by atoms with Crippen LogP contribution in [0.2, 0.25) is 0 Å². The van der Waals surface area contributed by atoms with Crippen LogP contribution in [0.4, 0.5) is 18.9 Å². The number of aryl methyl sites for hydroxylation is 1. The van der Waals surface area contributed by atoms with E-state index in [4.69, 9.17) is 10.9 Å². The molecule has 3 aromatic rings. The van der Waals surface area contributed by atoms with Crippen molar-refractivity contribution in [3.63, 3.8) is 0 Å². The van der Waals surface area contributed by atoms with E-state index in [1.54, 1.807) is 37.4 Å². The Labute approximate surface area is 168 Å². The second-order valence-corrected chi connectivity index (χ2v) is 6.13. The van der Waals surface area contributed by atoms with Crippen molar-refractivity contribution in [2.24, 2.45) is 10.9 Å². The van der Waals surface area contributed by atoms with Gasteiger partial charge in [-0.15, -0.1) is 13.2 Å². The maximum atomic E-state index is 12.4. The third-order valence-electron chi connectivity index (χ3n) is 4.03. The Morgan fingerprint density at radius 1 is 1.13 bits per heavy atom. The molecule has 0 atom stereocenters. The zero-order valence-corrected chi connectivity index (χ0v) is 15.5. The third-order valence-corrected chi connectivity index (χ3v) is 4.03. The van der Waals surface area contributed by atoms with Crippen LogP contribution in [0.25, 0.3) is 5.69 Å². The quantitative estimate of drug-likeness (QED) is 0.254. The van der Waals surface area contributed by atoms with Crippen molar-refractivity contribution in [3.8, 4) is 11.4 Å². The molecule has 0 aliphatic rings. The lowest BCUT2D eigenvalue weighted by Crippen LogP contribution is -2.17. The third kappa shape index (κ3) is 4.87. The second-order valence-electron chi connectivity index (χ2n) is 6.13. The lowest BCUT2D eigenvalue weighted by molar-refractivity contribution is -0.274. The van der Waals surface area contributed by atoms with Gasteiger partial charge in [0.1, 0.15) is 5.75 Å². The smallest absolute Gasteiger partial charge is 0.409 e. The summed E-state index contributed by atoms with van der Waals surface area (Å²) < 4.78 is 42.0. The first-order valence-electron chi connectivity index (χ1n) is 8.48. The van der Waals surface area contributed by atoms with Crippen LogP contribution in [-0.2, 0) is 0 Å². The van der Waals surface area contributed by atoms with Crippen LogP contribution < -0.4 is 15.8 Å². The molecule has 156 valence electrons. The summed E-state index contributed by atoms with van der Waals surface area (Å²) in [6.45, 7) is 1.69. The fourth-order valence-corrected chi connectivity index (χ4v) is 2.56. The summed E-state index contributed by atoms with van der Waals surface area (Å²) in [5, 5.41) is 18.6. The Morgan fingerprint density at radius 3 is 2.30 bits per heavy atom. The Balaban J connectivity index is 1.73. The number of nitrogens with two attached hydrogens (primary N) is 1. The van der Waals surface area contributed by atoms with Crippen molar-refractivity contribution < 1.29 is 27.9 Å². The number of amidine groups is 1. The molecule has 0 fully saturated rings. The molecular formula is C19H16F3N5O3. The number of nitrogens with one attached hydrogen (secondary N) is 1. The average Bonchev–Trinajstić information content (AvgIpc) is 3.07. The zero-order valence-electron chi connectivity index (χ0n) is 15.5. The normalized spacial score (nSPS) is 11.9. The number of carbonyl (C=O) groups excluding carboxylic acids is 1. The molecular weight excluding hydrogens is 403 g/mol. The number of hydrogen-bond acceptors (Lipinski definition) is 5. The average molecular weight is 419 g/mol. The summed E-state index contributed by atoms with van der Waals surface area (Å²) in [4.78, 5) is 12.4. The first kappa shape index (κ1) is 20.7. The summed E-state index contributed by atoms with van der Waals surface area (Å²) in [5.41, 5.74) is 7.83. The van der Waals surface area contributed by atoms with Gasteiger partial charge in [0.05, 0.1) is 23.3 Å². The maximum absolute atomic E-state index is 12.4. The van der Waals surface area contributed by atoms with Crippen LogP contribution in [0.5, 0.6) is 5.75 Å². The predicted octanol–water partition coefficient (Wildman–Crippen LogP) is 3.43. The molecule has 0 bridgehead atoms. The number of rotatable bonds is 5. The number of ether oxygens (including phenoxy) is 1. The molecule has 0 unspecified atom stereocenters. The Kier molecular flexibility index (Phi) is 5.63. The molecule has 11 heteroatoms. The van der Waals surface area contributed by atoms with E-state index in [1.165, 1.54) is 16.8 Å². The molecule has 30 heavy (non-hydrogen) atoms. The molecule has 0 saturated heterocycles. The van der Waals surface area contributed by atoms with Crippen molar-refractivity contribution in [2.45, 2.75) is 13.3 Å². The van der Waals surface area contributed by atoms with E-state index in [0.717, 1.165) is 12.1 Å². The number of nitrogens with zero attached hydrogens (tertiary/aromatic N) is 3. The Hall–Kier alpha value is -4.02. The summed E-state index contributed by atoms with van der Waals surface area (Å²) >= 11 is 0. The van der Waals surface area contributed by atoms with Gasteiger partial charge in [0.25, 0.3) is 5.91 Å². The van der Waals surface area contributed by atoms with Crippen LogP contribution in [-0.4, -0.2) is 33.1 Å². The number of benzene rings is 2. The summed E-state index contributed by atoms with van der Waals surface area (Å²) in [6, 6.07) is 11.2. The highest BCUT2D eigenvalue weighted by Crippen LogP contribution is 2.23. The molecule has 4 N–H and O–H groups in total. The summed E-state index contributed by atoms with van der Waals surface area (Å²) in [5.74, 6) is -0.963. The van der Waals surface area contributed by atoms with E-state index in [9.17, 15) is 18.0 Å². The number of oxime groups is 1. The fraction of sp³-hybridized carbons (Fsp3) is 0.105. The van der Waals surface area contributed by atoms with Gasteiger partial charge in [0, 0.05) is 11.1 Å². The minimum Gasteiger partial charge on any atom is -0.409 e. The monoisotopic (exact) mass is 419 g/mol. The lowest BCUT2D eigenvalue weighted by Gasteiger charge is -2.09. The molecule has 8 nitrogen and oxygen atoms in total. The maximum Gasteiger partial charge on any atom is 0.573 e. The van der Waals surface area contributed by atoms with Gasteiger partial charge >= 0.3 is 6.36 Å². The minimum absolute atomic E-state index is 0.0298. The number of hydrogen-bond donors (Lipinski definition) is 3. The van der Waals surface area contributed by atoms with Crippen LogP contribution >= 0.6 is 0 Å². The highest BCUT2D eigenvalue weighted by molar-refractivity contribution is 6.04. The van der Waals surface area contributed by atoms with Gasteiger partial charge in [-0.05, 0) is 55.5 Å². The number of anilines is 1. The van der Waals surface area contributed by atoms with Crippen LogP contribution in [0.1, 0.15) is 21.6 Å². The van der Waals surface area contributed by atoms with Crippen molar-refractivity contribution in [1.29, 1.82) is 0 Å². The molecule has 0 aliphatic heterocycles. The Morgan fingerprint density at radius 2 is 1.73 bits per heavy atom. The highest BCUT2D eigenvalue weighted by Gasteiger charge is 2.31. The van der Waals surface area contributed by atoms with Crippen LogP contribution in [0.15, 0.2) is 59.9 Å². The highest BCUT2D eigenvalue weighted by atomic mass is 19.4. The number of halogens is 3. The zero-order chi connectivity index (χ0) is 21.9. The first-order chi connectivity index (χ1) is 14.2. The molecule has 2 aromatic carbocycles. The number of alkyl halides is 3. The minimum atomic E-state index is -4.80. The summed E-state index contributed by atoms with van der Waals surface area (Å²) in [6.07, 6.45) is -3.21. The molecule has 1 amide bonds. The van der Waals surface area contributed by atoms with Gasteiger partial charge in [-0.25, -0.2) is 4.68 Å². The molecule has 1 heterocycles. The standard InChI is InChI=1S/C19H16F3N5O3/c1-11-16(10-27(25-11)14-6-2-12(3-7-14)17(23)26-29)24-18(28)13-4-8-15(9-5-13)30-19(20,21)22/h2-10,29H,1H3,(H2,23,26)(H,24,28). The molecule has 0 spiro atoms. The van der Waals surface area contributed by atoms with Crippen molar-refractivity contribution in [1.82, 2.24) is 9.78 Å². The van der Waals surface area contributed by atoms with Gasteiger partial charge in [0.2, 0.25) is 0 Å². The van der Waals surface area contributed by atoms with Gasteiger partial charge in [-0.3, -0.25) is 4.79 Å². The predicted molar refractivity (Wildman–Crippen MR) is 102 cm³/mol. The second kappa shape index (κ2) is 8.15. The molecule has 0 saturated carbocycles. The fourth-order valence-electron chi connectivity index (χ4n) is 2.56. The van der Waals surface area contributed by atoms with E-state index in [-0.39, 0.29) is 11.4 Å². The number of carbonyl (C=O) groups is 1. The SMILES string of the molecule is Cc1nn(-c2ccc(C(N)=NO)cc2)cc1NC(=O)c1ccc(OC(F)(F)F)cc1. The molecule has 3 rings (SSSR count). The lowest BCUT2D eigenvalue weighted by atomic mass is 10.2. The molecule has 1 aromatic heterocycles. The van der Waals surface area contributed by atoms with E-state index in [0.29, 0.717) is 22.6 Å². The van der Waals surface area contributed by atoms with E-state index in [1.807, 2.05) is 0 Å². The van der Waals surface area contributed by atoms with Gasteiger partial charge in [-0.1, -0.05) is 5.16 Å². The molecule has 0 radical (unpaired) electrons. The number of aromatic nitrogens is 2. The van der Waals surface area contributed by atoms with Crippen molar-refractivity contribution >= 4 is 17.4 Å². The summed E-state index contributed by atoms with van der Waals surface area (Å²) in [7, 11) is 0. The topological polar surface area (TPSA) is 115 Å². The van der Waals surface area contributed by atoms with E-state index < -0.39 is 18.0 Å². The van der Waals surface area contributed by atoms with E-state index >= 15 is 0 Å². The van der Waals surface area contributed by atoms with E-state index in [2.05, 4.69) is 20.3 Å². The van der Waals surface area contributed by atoms with Crippen molar-refractivity contribution in [2.75, 3.05) is 5.32 Å². The number of amides is 1. The van der Waals surface area contributed by atoms with Gasteiger partial charge in [-0.2, -0.15) is 5.10 Å². The van der Waals surface area contributed by atoms with Gasteiger partial charge < -0.3 is 21.0 Å². The largest absolute Gasteiger partial charge is 0.573 e. The van der Waals surface area contributed by atoms with Crippen molar-refractivity contribution in [3.05, 3.63) is 71.5 Å². The van der Waals surface area contributed by atoms with Crippen LogP contribution in [0.3, 0.4) is 0 Å². The van der Waals surface area contributed by atoms with Crippen LogP contribution in [0, 0.1) is 6.92 Å². The molecule has 0 aliphatic carbocycles. The Bertz CT molecular complexity index is 1070.